The molecule has 10 nitrogen and oxygen atoms in total. The van der Waals surface area contributed by atoms with E-state index < -0.39 is 5.91 Å². The number of aromatic nitrogens is 4. The van der Waals surface area contributed by atoms with Crippen molar-refractivity contribution in [1.82, 2.24) is 35.5 Å². The largest absolute Gasteiger partial charge is 0.354 e. The van der Waals surface area contributed by atoms with E-state index in [1.165, 1.54) is 29.9 Å². The smallest absolute Gasteiger partial charge is 0.270 e. The summed E-state index contributed by atoms with van der Waals surface area (Å²) in [5.74, 6) is -0.757. The fourth-order valence-electron chi connectivity index (χ4n) is 4.31. The number of rotatable bonds is 7. The molecule has 0 unspecified atom stereocenters. The zero-order valence-electron chi connectivity index (χ0n) is 19.7. The Hall–Kier alpha value is -3.89. The zero-order valence-corrected chi connectivity index (χ0v) is 19.7. The van der Waals surface area contributed by atoms with Gasteiger partial charge in [0.15, 0.2) is 0 Å². The minimum absolute atomic E-state index is 0.0242. The van der Waals surface area contributed by atoms with E-state index in [0.29, 0.717) is 18.0 Å². The van der Waals surface area contributed by atoms with Gasteiger partial charge in [-0.2, -0.15) is 14.6 Å². The minimum atomic E-state index is -0.483. The molecule has 11 heteroatoms. The van der Waals surface area contributed by atoms with E-state index in [1.54, 1.807) is 19.1 Å². The molecule has 2 aromatic heterocycles. The normalized spacial score (nSPS) is 17.7. The van der Waals surface area contributed by atoms with Crippen LogP contribution in [0.3, 0.4) is 0 Å². The molecule has 3 N–H and O–H groups in total. The number of carbonyl (C=O) groups is 3. The average Bonchev–Trinajstić information content (AvgIpc) is 3.32. The Kier molecular flexibility index (Phi) is 7.33. The Morgan fingerprint density at radius 3 is 2.57 bits per heavy atom. The van der Waals surface area contributed by atoms with Gasteiger partial charge in [0.05, 0.1) is 0 Å². The summed E-state index contributed by atoms with van der Waals surface area (Å²) in [7, 11) is 0. The van der Waals surface area contributed by atoms with E-state index >= 15 is 0 Å². The van der Waals surface area contributed by atoms with Gasteiger partial charge in [-0.05, 0) is 55.7 Å². The second kappa shape index (κ2) is 10.6. The Morgan fingerprint density at radius 2 is 1.86 bits per heavy atom. The van der Waals surface area contributed by atoms with E-state index in [-0.39, 0.29) is 47.4 Å². The van der Waals surface area contributed by atoms with Crippen molar-refractivity contribution < 1.29 is 18.8 Å². The highest BCUT2D eigenvalue weighted by molar-refractivity contribution is 5.98. The standard InChI is InChI=1S/C24H28FN7O3/c1-14-9-17(5-8-19(14)25)12-26-22(34)20-10-21(32-24(31-20)28-13-29-32)23(35)27-11-16-3-6-18(7-4-16)30-15(2)33/h5,8-10,13,16,18H,3-4,6-7,11-12H2,1-2H3,(H,26,34)(H,27,35)(H,30,33)/t16-,18-. The Morgan fingerprint density at radius 1 is 1.09 bits per heavy atom. The van der Waals surface area contributed by atoms with Crippen LogP contribution in [0.2, 0.25) is 0 Å². The topological polar surface area (TPSA) is 130 Å². The van der Waals surface area contributed by atoms with Crippen LogP contribution in [-0.4, -0.2) is 49.9 Å². The second-order valence-corrected chi connectivity index (χ2v) is 8.89. The van der Waals surface area contributed by atoms with Crippen molar-refractivity contribution in [3.8, 4) is 0 Å². The monoisotopic (exact) mass is 481 g/mol. The maximum Gasteiger partial charge on any atom is 0.270 e. The maximum atomic E-state index is 13.5. The number of benzene rings is 1. The zero-order chi connectivity index (χ0) is 24.9. The molecule has 0 bridgehead atoms. The molecule has 0 saturated heterocycles. The number of aryl methyl sites for hydroxylation is 1. The SMILES string of the molecule is CC(=O)N[C@H]1CC[C@H](CNC(=O)c2cc(C(=O)NCc3ccc(F)c(C)c3)nc3ncnn23)CC1. The molecule has 3 amide bonds. The predicted molar refractivity (Wildman–Crippen MR) is 125 cm³/mol. The van der Waals surface area contributed by atoms with Crippen LogP contribution >= 0.6 is 0 Å². The number of hydrogen-bond acceptors (Lipinski definition) is 6. The summed E-state index contributed by atoms with van der Waals surface area (Å²) in [6.45, 7) is 3.84. The van der Waals surface area contributed by atoms with Crippen molar-refractivity contribution in [2.75, 3.05) is 6.54 Å². The summed E-state index contributed by atoms with van der Waals surface area (Å²) >= 11 is 0. The first-order chi connectivity index (χ1) is 16.8. The van der Waals surface area contributed by atoms with E-state index in [1.807, 2.05) is 0 Å². The summed E-state index contributed by atoms with van der Waals surface area (Å²) in [6.07, 6.45) is 4.82. The third-order valence-electron chi connectivity index (χ3n) is 6.20. The van der Waals surface area contributed by atoms with Gasteiger partial charge in [0.1, 0.15) is 23.5 Å². The molecular formula is C24H28FN7O3. The van der Waals surface area contributed by atoms with Gasteiger partial charge in [-0.3, -0.25) is 14.4 Å². The summed E-state index contributed by atoms with van der Waals surface area (Å²) in [6, 6.07) is 6.18. The maximum absolute atomic E-state index is 13.5. The third-order valence-corrected chi connectivity index (χ3v) is 6.20. The number of nitrogens with one attached hydrogen (secondary N) is 3. The summed E-state index contributed by atoms with van der Waals surface area (Å²) in [5, 5.41) is 12.7. The van der Waals surface area contributed by atoms with Gasteiger partial charge >= 0.3 is 0 Å². The molecule has 1 aliphatic carbocycles. The lowest BCUT2D eigenvalue weighted by molar-refractivity contribution is -0.119. The van der Waals surface area contributed by atoms with Gasteiger partial charge in [-0.1, -0.05) is 12.1 Å². The first-order valence-corrected chi connectivity index (χ1v) is 11.6. The van der Waals surface area contributed by atoms with Crippen LogP contribution in [0.4, 0.5) is 4.39 Å². The van der Waals surface area contributed by atoms with Crippen molar-refractivity contribution in [2.24, 2.45) is 5.92 Å². The summed E-state index contributed by atoms with van der Waals surface area (Å²) in [4.78, 5) is 45.2. The number of nitrogens with zero attached hydrogens (tertiary/aromatic N) is 4. The van der Waals surface area contributed by atoms with Crippen LogP contribution in [0.5, 0.6) is 0 Å². The van der Waals surface area contributed by atoms with E-state index in [9.17, 15) is 18.8 Å². The molecule has 3 aromatic rings. The van der Waals surface area contributed by atoms with Crippen molar-refractivity contribution in [1.29, 1.82) is 0 Å². The fourth-order valence-corrected chi connectivity index (χ4v) is 4.31. The Balaban J connectivity index is 1.40. The highest BCUT2D eigenvalue weighted by Crippen LogP contribution is 2.23. The van der Waals surface area contributed by atoms with Gasteiger partial charge in [-0.15, -0.1) is 0 Å². The molecule has 1 fully saturated rings. The lowest BCUT2D eigenvalue weighted by atomic mass is 9.86. The van der Waals surface area contributed by atoms with Gasteiger partial charge in [0, 0.05) is 32.1 Å². The molecule has 0 atom stereocenters. The van der Waals surface area contributed by atoms with Crippen LogP contribution in [0.1, 0.15) is 64.7 Å². The van der Waals surface area contributed by atoms with Crippen LogP contribution < -0.4 is 16.0 Å². The van der Waals surface area contributed by atoms with Gasteiger partial charge in [0.25, 0.3) is 17.6 Å². The van der Waals surface area contributed by atoms with E-state index in [4.69, 9.17) is 0 Å². The molecule has 2 heterocycles. The minimum Gasteiger partial charge on any atom is -0.354 e. The highest BCUT2D eigenvalue weighted by Gasteiger charge is 2.23. The Bertz CT molecular complexity index is 1250. The molecule has 35 heavy (non-hydrogen) atoms. The number of halogens is 1. The molecule has 1 aromatic carbocycles. The van der Waals surface area contributed by atoms with E-state index in [0.717, 1.165) is 31.2 Å². The van der Waals surface area contributed by atoms with Crippen molar-refractivity contribution in [3.05, 3.63) is 58.9 Å². The summed E-state index contributed by atoms with van der Waals surface area (Å²) < 4.78 is 14.8. The highest BCUT2D eigenvalue weighted by atomic mass is 19.1. The van der Waals surface area contributed by atoms with Gasteiger partial charge in [0.2, 0.25) is 5.91 Å². The molecule has 1 aliphatic rings. The van der Waals surface area contributed by atoms with E-state index in [2.05, 4.69) is 31.0 Å². The molecule has 0 spiro atoms. The number of amides is 3. The van der Waals surface area contributed by atoms with Gasteiger partial charge in [-0.25, -0.2) is 9.37 Å². The van der Waals surface area contributed by atoms with Crippen molar-refractivity contribution in [3.63, 3.8) is 0 Å². The Labute approximate surface area is 201 Å². The molecule has 4 rings (SSSR count). The number of carbonyl (C=O) groups excluding carboxylic acids is 3. The van der Waals surface area contributed by atoms with Gasteiger partial charge < -0.3 is 16.0 Å². The van der Waals surface area contributed by atoms with Crippen LogP contribution in [0.15, 0.2) is 30.6 Å². The molecular weight excluding hydrogens is 453 g/mol. The average molecular weight is 482 g/mol. The lowest BCUT2D eigenvalue weighted by Gasteiger charge is -2.28. The fraction of sp³-hybridized carbons (Fsp3) is 0.417. The van der Waals surface area contributed by atoms with Crippen LogP contribution in [0, 0.1) is 18.7 Å². The number of hydrogen-bond donors (Lipinski definition) is 3. The molecule has 1 saturated carbocycles. The number of fused-ring (bicyclic) bond motifs is 1. The molecule has 0 aliphatic heterocycles. The van der Waals surface area contributed by atoms with Crippen molar-refractivity contribution >= 4 is 23.5 Å². The molecule has 0 radical (unpaired) electrons. The molecule has 184 valence electrons. The predicted octanol–water partition coefficient (Wildman–Crippen LogP) is 1.93. The second-order valence-electron chi connectivity index (χ2n) is 8.89. The van der Waals surface area contributed by atoms with Crippen LogP contribution in [-0.2, 0) is 11.3 Å². The first kappa shape index (κ1) is 24.2. The third kappa shape index (κ3) is 5.97. The van der Waals surface area contributed by atoms with Crippen molar-refractivity contribution in [2.45, 2.75) is 52.1 Å². The summed E-state index contributed by atoms with van der Waals surface area (Å²) in [5.41, 5.74) is 1.42. The quantitative estimate of drug-likeness (QED) is 0.473. The first-order valence-electron chi connectivity index (χ1n) is 11.6. The lowest BCUT2D eigenvalue weighted by Crippen LogP contribution is -2.39. The van der Waals surface area contributed by atoms with Crippen LogP contribution in [0.25, 0.3) is 5.78 Å².